The summed E-state index contributed by atoms with van der Waals surface area (Å²) in [6.45, 7) is 8.79. The maximum Gasteiger partial charge on any atom is 0.222 e. The molecule has 0 unspecified atom stereocenters. The number of likely N-dealkylation sites (N-methyl/N-ethyl adjacent to an activating group) is 1. The van der Waals surface area contributed by atoms with Crippen LogP contribution in [0.5, 0.6) is 5.75 Å². The van der Waals surface area contributed by atoms with Crippen LogP contribution in [0, 0.1) is 5.92 Å². The summed E-state index contributed by atoms with van der Waals surface area (Å²) < 4.78 is 5.70. The van der Waals surface area contributed by atoms with Crippen LogP contribution < -0.4 is 15.4 Å². The highest BCUT2D eigenvalue weighted by atomic mass is 35.5. The Morgan fingerprint density at radius 1 is 1.36 bits per heavy atom. The first kappa shape index (κ1) is 21.1. The monoisotopic (exact) mass is 368 g/mol. The highest BCUT2D eigenvalue weighted by Crippen LogP contribution is 2.16. The summed E-state index contributed by atoms with van der Waals surface area (Å²) in [5.41, 5.74) is 0. The van der Waals surface area contributed by atoms with Crippen molar-refractivity contribution in [3.05, 3.63) is 29.3 Å². The van der Waals surface area contributed by atoms with Crippen LogP contribution in [0.4, 0.5) is 0 Å². The highest BCUT2D eigenvalue weighted by molar-refractivity contribution is 6.30. The number of hydrogen-bond acceptors (Lipinski definition) is 3. The lowest BCUT2D eigenvalue weighted by molar-refractivity contribution is -0.123. The standard InChI is InChI=1S/C18H29ClN4O2/c1-5-20-18(22-10-9-21-17(24)14(2)3)23(4)11-12-25-16-8-6-7-15(19)13-16/h6-8,13-14H,5,9-12H2,1-4H3,(H,20,22)(H,21,24). The van der Waals surface area contributed by atoms with Gasteiger partial charge in [0.1, 0.15) is 12.4 Å². The second kappa shape index (κ2) is 11.6. The van der Waals surface area contributed by atoms with Crippen LogP contribution in [-0.4, -0.2) is 56.6 Å². The summed E-state index contributed by atoms with van der Waals surface area (Å²) in [5, 5.41) is 6.75. The quantitative estimate of drug-likeness (QED) is 0.399. The number of guanidine groups is 1. The zero-order chi connectivity index (χ0) is 18.7. The van der Waals surface area contributed by atoms with E-state index >= 15 is 0 Å². The molecule has 1 aromatic rings. The molecule has 1 rings (SSSR count). The van der Waals surface area contributed by atoms with E-state index in [-0.39, 0.29) is 11.8 Å². The van der Waals surface area contributed by atoms with Crippen molar-refractivity contribution in [2.24, 2.45) is 10.9 Å². The normalized spacial score (nSPS) is 11.4. The van der Waals surface area contributed by atoms with Gasteiger partial charge < -0.3 is 20.3 Å². The Hall–Kier alpha value is -1.95. The van der Waals surface area contributed by atoms with Crippen LogP contribution in [0.15, 0.2) is 29.3 Å². The molecule has 0 radical (unpaired) electrons. The second-order valence-electron chi connectivity index (χ2n) is 5.91. The molecule has 0 saturated carbocycles. The molecule has 0 saturated heterocycles. The van der Waals surface area contributed by atoms with E-state index in [2.05, 4.69) is 15.6 Å². The predicted octanol–water partition coefficient (Wildman–Crippen LogP) is 2.39. The SMILES string of the molecule is CCNC(=NCCNC(=O)C(C)C)N(C)CCOc1cccc(Cl)c1. The van der Waals surface area contributed by atoms with Crippen LogP contribution in [0.1, 0.15) is 20.8 Å². The van der Waals surface area contributed by atoms with Crippen molar-refractivity contribution in [3.8, 4) is 5.75 Å². The number of aliphatic imine (C=N–C) groups is 1. The lowest BCUT2D eigenvalue weighted by Crippen LogP contribution is -2.41. The summed E-state index contributed by atoms with van der Waals surface area (Å²) in [6.07, 6.45) is 0. The van der Waals surface area contributed by atoms with Gasteiger partial charge in [0.25, 0.3) is 0 Å². The highest BCUT2D eigenvalue weighted by Gasteiger charge is 2.07. The minimum Gasteiger partial charge on any atom is -0.492 e. The number of nitrogens with zero attached hydrogens (tertiary/aromatic N) is 2. The van der Waals surface area contributed by atoms with Crippen LogP contribution in [0.2, 0.25) is 5.02 Å². The van der Waals surface area contributed by atoms with E-state index in [9.17, 15) is 4.79 Å². The molecular formula is C18H29ClN4O2. The summed E-state index contributed by atoms with van der Waals surface area (Å²) in [6, 6.07) is 7.34. The molecule has 1 amide bonds. The first-order valence-electron chi connectivity index (χ1n) is 8.59. The fraction of sp³-hybridized carbons (Fsp3) is 0.556. The third-order valence-corrected chi connectivity index (χ3v) is 3.62. The van der Waals surface area contributed by atoms with Crippen molar-refractivity contribution in [1.29, 1.82) is 0 Å². The average Bonchev–Trinajstić information content (AvgIpc) is 2.57. The smallest absolute Gasteiger partial charge is 0.222 e. The molecule has 0 aliphatic carbocycles. The Bertz CT molecular complexity index is 564. The lowest BCUT2D eigenvalue weighted by Gasteiger charge is -2.22. The summed E-state index contributed by atoms with van der Waals surface area (Å²) >= 11 is 5.94. The van der Waals surface area contributed by atoms with Crippen LogP contribution in [-0.2, 0) is 4.79 Å². The van der Waals surface area contributed by atoms with E-state index in [1.807, 2.05) is 50.9 Å². The second-order valence-corrected chi connectivity index (χ2v) is 6.35. The van der Waals surface area contributed by atoms with Crippen molar-refractivity contribution >= 4 is 23.5 Å². The molecule has 0 atom stereocenters. The molecule has 7 heteroatoms. The fourth-order valence-corrected chi connectivity index (χ4v) is 2.16. The summed E-state index contributed by atoms with van der Waals surface area (Å²) in [5.74, 6) is 1.57. The van der Waals surface area contributed by atoms with Gasteiger partial charge in [0, 0.05) is 31.1 Å². The number of ether oxygens (including phenoxy) is 1. The number of carbonyl (C=O) groups excluding carboxylic acids is 1. The zero-order valence-corrected chi connectivity index (χ0v) is 16.3. The Balaban J connectivity index is 2.42. The molecule has 2 N–H and O–H groups in total. The molecule has 0 heterocycles. The van der Waals surface area contributed by atoms with E-state index in [1.54, 1.807) is 6.07 Å². The van der Waals surface area contributed by atoms with Gasteiger partial charge >= 0.3 is 0 Å². The van der Waals surface area contributed by atoms with Gasteiger partial charge in [0.2, 0.25) is 5.91 Å². The summed E-state index contributed by atoms with van der Waals surface area (Å²) in [7, 11) is 1.95. The van der Waals surface area contributed by atoms with Crippen molar-refractivity contribution in [1.82, 2.24) is 15.5 Å². The first-order chi connectivity index (χ1) is 11.9. The molecule has 0 fully saturated rings. The topological polar surface area (TPSA) is 66.0 Å². The molecule has 6 nitrogen and oxygen atoms in total. The zero-order valence-electron chi connectivity index (χ0n) is 15.5. The number of rotatable bonds is 9. The third kappa shape index (κ3) is 8.63. The van der Waals surface area contributed by atoms with Gasteiger partial charge in [0.05, 0.1) is 13.1 Å². The number of halogens is 1. The molecule has 25 heavy (non-hydrogen) atoms. The van der Waals surface area contributed by atoms with E-state index in [1.165, 1.54) is 0 Å². The van der Waals surface area contributed by atoms with Gasteiger partial charge in [-0.1, -0.05) is 31.5 Å². The Labute approximate surface area is 155 Å². The number of nitrogens with one attached hydrogen (secondary N) is 2. The molecule has 0 spiro atoms. The van der Waals surface area contributed by atoms with Crippen molar-refractivity contribution in [3.63, 3.8) is 0 Å². The number of hydrogen-bond donors (Lipinski definition) is 2. The maximum absolute atomic E-state index is 11.5. The molecular weight excluding hydrogens is 340 g/mol. The largest absolute Gasteiger partial charge is 0.492 e. The van der Waals surface area contributed by atoms with E-state index in [4.69, 9.17) is 16.3 Å². The first-order valence-corrected chi connectivity index (χ1v) is 8.97. The minimum atomic E-state index is -0.0106. The van der Waals surface area contributed by atoms with Gasteiger partial charge in [-0.05, 0) is 25.1 Å². The minimum absolute atomic E-state index is 0.0106. The number of benzene rings is 1. The Morgan fingerprint density at radius 3 is 2.76 bits per heavy atom. The van der Waals surface area contributed by atoms with Crippen molar-refractivity contribution in [2.45, 2.75) is 20.8 Å². The molecule has 0 aliphatic heterocycles. The maximum atomic E-state index is 11.5. The van der Waals surface area contributed by atoms with Crippen LogP contribution in [0.25, 0.3) is 0 Å². The van der Waals surface area contributed by atoms with Crippen molar-refractivity contribution < 1.29 is 9.53 Å². The molecule has 0 aromatic heterocycles. The van der Waals surface area contributed by atoms with E-state index in [0.717, 1.165) is 18.3 Å². The van der Waals surface area contributed by atoms with Gasteiger partial charge in [-0.2, -0.15) is 0 Å². The predicted molar refractivity (Wildman–Crippen MR) is 103 cm³/mol. The van der Waals surface area contributed by atoms with Crippen LogP contribution in [0.3, 0.4) is 0 Å². The summed E-state index contributed by atoms with van der Waals surface area (Å²) in [4.78, 5) is 18.1. The van der Waals surface area contributed by atoms with Gasteiger partial charge in [0.15, 0.2) is 5.96 Å². The molecule has 0 bridgehead atoms. The number of carbonyl (C=O) groups is 1. The Morgan fingerprint density at radius 2 is 2.12 bits per heavy atom. The average molecular weight is 369 g/mol. The van der Waals surface area contributed by atoms with Gasteiger partial charge in [-0.15, -0.1) is 0 Å². The lowest BCUT2D eigenvalue weighted by atomic mass is 10.2. The fourth-order valence-electron chi connectivity index (χ4n) is 1.98. The molecule has 1 aromatic carbocycles. The number of amides is 1. The third-order valence-electron chi connectivity index (χ3n) is 3.38. The van der Waals surface area contributed by atoms with Gasteiger partial charge in [-0.25, -0.2) is 0 Å². The van der Waals surface area contributed by atoms with E-state index in [0.29, 0.717) is 31.3 Å². The Kier molecular flexibility index (Phi) is 9.77. The van der Waals surface area contributed by atoms with Crippen LogP contribution >= 0.6 is 11.6 Å². The van der Waals surface area contributed by atoms with Crippen molar-refractivity contribution in [2.75, 3.05) is 39.8 Å². The van der Waals surface area contributed by atoms with Gasteiger partial charge in [-0.3, -0.25) is 9.79 Å². The molecule has 0 aliphatic rings. The molecule has 140 valence electrons. The van der Waals surface area contributed by atoms with E-state index < -0.39 is 0 Å².